The standard InChI is InChI=1S/C15H30N2O/c1-5-7-13(3)17(4)14(18)15(8-6-2)9-11-16-12-10-15/h13,16H,5-12H2,1-4H3. The second kappa shape index (κ2) is 7.13. The first kappa shape index (κ1) is 15.5. The van der Waals surface area contributed by atoms with E-state index < -0.39 is 0 Å². The van der Waals surface area contributed by atoms with Crippen LogP contribution < -0.4 is 5.32 Å². The lowest BCUT2D eigenvalue weighted by Crippen LogP contribution is -2.50. The Morgan fingerprint density at radius 3 is 2.39 bits per heavy atom. The van der Waals surface area contributed by atoms with Crippen molar-refractivity contribution in [3.05, 3.63) is 0 Å². The Bertz CT molecular complexity index is 254. The van der Waals surface area contributed by atoms with Gasteiger partial charge in [-0.3, -0.25) is 4.79 Å². The van der Waals surface area contributed by atoms with Crippen LogP contribution in [-0.2, 0) is 4.79 Å². The number of carbonyl (C=O) groups is 1. The molecule has 0 saturated carbocycles. The first-order chi connectivity index (χ1) is 8.57. The van der Waals surface area contributed by atoms with Crippen molar-refractivity contribution >= 4 is 5.91 Å². The molecule has 3 nitrogen and oxygen atoms in total. The molecule has 0 aromatic rings. The van der Waals surface area contributed by atoms with E-state index in [4.69, 9.17) is 0 Å². The Morgan fingerprint density at radius 2 is 1.89 bits per heavy atom. The fourth-order valence-electron chi connectivity index (χ4n) is 3.14. The highest BCUT2D eigenvalue weighted by Gasteiger charge is 2.40. The molecule has 3 heteroatoms. The predicted molar refractivity (Wildman–Crippen MR) is 76.6 cm³/mol. The molecule has 1 N–H and O–H groups in total. The summed E-state index contributed by atoms with van der Waals surface area (Å²) < 4.78 is 0. The molecule has 1 heterocycles. The summed E-state index contributed by atoms with van der Waals surface area (Å²) in [5, 5.41) is 3.38. The minimum atomic E-state index is -0.0866. The van der Waals surface area contributed by atoms with Crippen LogP contribution in [0.25, 0.3) is 0 Å². The van der Waals surface area contributed by atoms with Crippen molar-refractivity contribution in [3.8, 4) is 0 Å². The highest BCUT2D eigenvalue weighted by Crippen LogP contribution is 2.36. The highest BCUT2D eigenvalue weighted by molar-refractivity contribution is 5.83. The van der Waals surface area contributed by atoms with E-state index in [9.17, 15) is 4.79 Å². The number of hydrogen-bond donors (Lipinski definition) is 1. The Hall–Kier alpha value is -0.570. The van der Waals surface area contributed by atoms with Gasteiger partial charge < -0.3 is 10.2 Å². The summed E-state index contributed by atoms with van der Waals surface area (Å²) in [5.74, 6) is 0.381. The fraction of sp³-hybridized carbons (Fsp3) is 0.933. The Balaban J connectivity index is 2.75. The normalized spacial score (nSPS) is 20.4. The zero-order valence-electron chi connectivity index (χ0n) is 12.6. The molecular weight excluding hydrogens is 224 g/mol. The van der Waals surface area contributed by atoms with Gasteiger partial charge >= 0.3 is 0 Å². The molecule has 1 atom stereocenters. The van der Waals surface area contributed by atoms with Gasteiger partial charge in [0, 0.05) is 13.1 Å². The first-order valence-electron chi connectivity index (χ1n) is 7.55. The first-order valence-corrected chi connectivity index (χ1v) is 7.55. The third-order valence-corrected chi connectivity index (χ3v) is 4.43. The van der Waals surface area contributed by atoms with E-state index in [1.54, 1.807) is 0 Å². The minimum absolute atomic E-state index is 0.0866. The van der Waals surface area contributed by atoms with Gasteiger partial charge in [-0.15, -0.1) is 0 Å². The molecule has 1 saturated heterocycles. The smallest absolute Gasteiger partial charge is 0.228 e. The van der Waals surface area contributed by atoms with Gasteiger partial charge in [-0.1, -0.05) is 26.7 Å². The van der Waals surface area contributed by atoms with Crippen LogP contribution in [0.1, 0.15) is 59.3 Å². The van der Waals surface area contributed by atoms with Gasteiger partial charge in [0.05, 0.1) is 5.41 Å². The molecule has 1 fully saturated rings. The maximum atomic E-state index is 12.8. The molecule has 0 radical (unpaired) electrons. The van der Waals surface area contributed by atoms with Crippen molar-refractivity contribution in [2.45, 2.75) is 65.3 Å². The van der Waals surface area contributed by atoms with Gasteiger partial charge in [-0.05, 0) is 45.7 Å². The van der Waals surface area contributed by atoms with Gasteiger partial charge in [0.2, 0.25) is 5.91 Å². The summed E-state index contributed by atoms with van der Waals surface area (Å²) in [6.07, 6.45) is 6.38. The number of nitrogens with one attached hydrogen (secondary N) is 1. The van der Waals surface area contributed by atoms with E-state index in [0.29, 0.717) is 11.9 Å². The molecular formula is C15H30N2O. The van der Waals surface area contributed by atoms with Crippen molar-refractivity contribution in [2.75, 3.05) is 20.1 Å². The lowest BCUT2D eigenvalue weighted by molar-refractivity contribution is -0.145. The summed E-state index contributed by atoms with van der Waals surface area (Å²) in [6.45, 7) is 8.51. The summed E-state index contributed by atoms with van der Waals surface area (Å²) in [6, 6.07) is 0.367. The van der Waals surface area contributed by atoms with Gasteiger partial charge in [0.25, 0.3) is 0 Å². The maximum absolute atomic E-state index is 12.8. The van der Waals surface area contributed by atoms with Gasteiger partial charge in [-0.2, -0.15) is 0 Å². The maximum Gasteiger partial charge on any atom is 0.228 e. The topological polar surface area (TPSA) is 32.3 Å². The average Bonchev–Trinajstić information content (AvgIpc) is 2.38. The molecule has 0 aromatic carbocycles. The van der Waals surface area contributed by atoms with Gasteiger partial charge in [0.1, 0.15) is 0 Å². The van der Waals surface area contributed by atoms with E-state index >= 15 is 0 Å². The summed E-state index contributed by atoms with van der Waals surface area (Å²) in [5.41, 5.74) is -0.0866. The van der Waals surface area contributed by atoms with E-state index in [0.717, 1.165) is 51.6 Å². The van der Waals surface area contributed by atoms with Crippen LogP contribution >= 0.6 is 0 Å². The van der Waals surface area contributed by atoms with Crippen molar-refractivity contribution < 1.29 is 4.79 Å². The third-order valence-electron chi connectivity index (χ3n) is 4.43. The van der Waals surface area contributed by atoms with Gasteiger partial charge in [0.15, 0.2) is 0 Å². The molecule has 1 aliphatic rings. The van der Waals surface area contributed by atoms with E-state index in [2.05, 4.69) is 26.1 Å². The van der Waals surface area contributed by atoms with Crippen molar-refractivity contribution in [1.29, 1.82) is 0 Å². The molecule has 0 bridgehead atoms. The van der Waals surface area contributed by atoms with Crippen molar-refractivity contribution in [3.63, 3.8) is 0 Å². The SMILES string of the molecule is CCCC(C)N(C)C(=O)C1(CCC)CCNCC1. The third kappa shape index (κ3) is 3.47. The Kier molecular flexibility index (Phi) is 6.13. The van der Waals surface area contributed by atoms with Crippen molar-refractivity contribution in [1.82, 2.24) is 10.2 Å². The lowest BCUT2D eigenvalue weighted by atomic mass is 9.74. The van der Waals surface area contributed by atoms with E-state index in [1.807, 2.05) is 11.9 Å². The van der Waals surface area contributed by atoms with Crippen LogP contribution in [0.3, 0.4) is 0 Å². The summed E-state index contributed by atoms with van der Waals surface area (Å²) in [4.78, 5) is 14.8. The second-order valence-electron chi connectivity index (χ2n) is 5.83. The summed E-state index contributed by atoms with van der Waals surface area (Å²) >= 11 is 0. The zero-order valence-corrected chi connectivity index (χ0v) is 12.6. The molecule has 1 aliphatic heterocycles. The van der Waals surface area contributed by atoms with Gasteiger partial charge in [-0.25, -0.2) is 0 Å². The lowest BCUT2D eigenvalue weighted by Gasteiger charge is -2.40. The second-order valence-corrected chi connectivity index (χ2v) is 5.83. The fourth-order valence-corrected chi connectivity index (χ4v) is 3.14. The van der Waals surface area contributed by atoms with Crippen LogP contribution in [0.2, 0.25) is 0 Å². The minimum Gasteiger partial charge on any atom is -0.343 e. The van der Waals surface area contributed by atoms with Crippen LogP contribution in [0, 0.1) is 5.41 Å². The number of carbonyl (C=O) groups excluding carboxylic acids is 1. The summed E-state index contributed by atoms with van der Waals surface area (Å²) in [7, 11) is 1.99. The Labute approximate surface area is 112 Å². The zero-order chi connectivity index (χ0) is 13.6. The van der Waals surface area contributed by atoms with Crippen LogP contribution in [-0.4, -0.2) is 37.0 Å². The number of piperidine rings is 1. The molecule has 106 valence electrons. The predicted octanol–water partition coefficient (Wildman–Crippen LogP) is 2.80. The molecule has 0 spiro atoms. The quantitative estimate of drug-likeness (QED) is 0.790. The molecule has 1 rings (SSSR count). The molecule has 1 amide bonds. The van der Waals surface area contributed by atoms with Crippen LogP contribution in [0.5, 0.6) is 0 Å². The van der Waals surface area contributed by atoms with Crippen LogP contribution in [0.4, 0.5) is 0 Å². The van der Waals surface area contributed by atoms with Crippen LogP contribution in [0.15, 0.2) is 0 Å². The number of rotatable bonds is 6. The molecule has 1 unspecified atom stereocenters. The average molecular weight is 254 g/mol. The largest absolute Gasteiger partial charge is 0.343 e. The van der Waals surface area contributed by atoms with E-state index in [1.165, 1.54) is 0 Å². The van der Waals surface area contributed by atoms with Crippen molar-refractivity contribution in [2.24, 2.45) is 5.41 Å². The highest BCUT2D eigenvalue weighted by atomic mass is 16.2. The van der Waals surface area contributed by atoms with E-state index in [-0.39, 0.29) is 5.41 Å². The number of nitrogens with zero attached hydrogens (tertiary/aromatic N) is 1. The molecule has 0 aliphatic carbocycles. The molecule has 18 heavy (non-hydrogen) atoms. The number of amides is 1. The molecule has 0 aromatic heterocycles. The Morgan fingerprint density at radius 1 is 1.28 bits per heavy atom. The number of hydrogen-bond acceptors (Lipinski definition) is 2. The monoisotopic (exact) mass is 254 g/mol.